The molecular weight excluding hydrogens is 138 g/mol. The molecule has 0 bridgehead atoms. The molecule has 1 aliphatic rings. The van der Waals surface area contributed by atoms with Crippen molar-refractivity contribution in [1.29, 1.82) is 0 Å². The van der Waals surface area contributed by atoms with Crippen LogP contribution in [0.1, 0.15) is 26.7 Å². The molecule has 0 aromatic rings. The second kappa shape index (κ2) is 2.36. The smallest absolute Gasteiger partial charge is 0.226 e. The molecule has 1 amide bonds. The Kier molecular flexibility index (Phi) is 1.78. The topological polar surface area (TPSA) is 20.3 Å². The molecule has 1 fully saturated rings. The van der Waals surface area contributed by atoms with E-state index in [0.29, 0.717) is 6.42 Å². The number of hydrogen-bond donors (Lipinski definition) is 0. The van der Waals surface area contributed by atoms with E-state index in [4.69, 9.17) is 0 Å². The molecule has 0 unspecified atom stereocenters. The van der Waals surface area contributed by atoms with Crippen LogP contribution in [0.4, 0.5) is 0 Å². The fourth-order valence-electron chi connectivity index (χ4n) is 1.44. The fraction of sp³-hybridized carbons (Fsp3) is 0.667. The highest BCUT2D eigenvalue weighted by Gasteiger charge is 2.31. The maximum absolute atomic E-state index is 11.3. The molecule has 1 aliphatic heterocycles. The van der Waals surface area contributed by atoms with E-state index in [0.717, 1.165) is 12.1 Å². The maximum Gasteiger partial charge on any atom is 0.226 e. The summed E-state index contributed by atoms with van der Waals surface area (Å²) in [4.78, 5) is 12.9. The van der Waals surface area contributed by atoms with E-state index < -0.39 is 0 Å². The molecule has 1 heterocycles. The number of nitrogens with zero attached hydrogens (tertiary/aromatic N) is 1. The number of carbonyl (C=O) groups excluding carboxylic acids is 1. The summed E-state index contributed by atoms with van der Waals surface area (Å²) in [5.41, 5.74) is 1.05. The van der Waals surface area contributed by atoms with Crippen molar-refractivity contribution < 1.29 is 4.79 Å². The van der Waals surface area contributed by atoms with Gasteiger partial charge in [-0.15, -0.1) is 0 Å². The standard InChI is InChI=1S/C9H15NO/c1-7-5-9(2,3)6-8(11)10(7)4/h1,5-6H2,2-4H3. The Morgan fingerprint density at radius 1 is 1.45 bits per heavy atom. The average Bonchev–Trinajstić information content (AvgIpc) is 1.81. The summed E-state index contributed by atoms with van der Waals surface area (Å²) in [7, 11) is 1.79. The molecule has 1 rings (SSSR count). The van der Waals surface area contributed by atoms with E-state index in [9.17, 15) is 4.79 Å². The summed E-state index contributed by atoms with van der Waals surface area (Å²) >= 11 is 0. The van der Waals surface area contributed by atoms with Crippen LogP contribution in [0, 0.1) is 5.41 Å². The van der Waals surface area contributed by atoms with Gasteiger partial charge in [0.15, 0.2) is 0 Å². The van der Waals surface area contributed by atoms with Crippen LogP contribution < -0.4 is 0 Å². The zero-order valence-electron chi connectivity index (χ0n) is 7.48. The van der Waals surface area contributed by atoms with Crippen molar-refractivity contribution in [3.05, 3.63) is 12.3 Å². The Morgan fingerprint density at radius 2 is 2.00 bits per heavy atom. The highest BCUT2D eigenvalue weighted by atomic mass is 16.2. The SMILES string of the molecule is C=C1CC(C)(C)CC(=O)N1C. The summed E-state index contributed by atoms with van der Waals surface area (Å²) in [5.74, 6) is 0.186. The van der Waals surface area contributed by atoms with Gasteiger partial charge in [-0.05, 0) is 11.8 Å². The van der Waals surface area contributed by atoms with Crippen LogP contribution in [0.5, 0.6) is 0 Å². The van der Waals surface area contributed by atoms with Gasteiger partial charge in [-0.1, -0.05) is 20.4 Å². The first kappa shape index (κ1) is 8.31. The van der Waals surface area contributed by atoms with Crippen LogP contribution in [0.15, 0.2) is 12.3 Å². The average molecular weight is 153 g/mol. The molecule has 0 N–H and O–H groups in total. The quantitative estimate of drug-likeness (QED) is 0.519. The number of carbonyl (C=O) groups is 1. The van der Waals surface area contributed by atoms with E-state index in [-0.39, 0.29) is 11.3 Å². The van der Waals surface area contributed by atoms with Crippen molar-refractivity contribution in [3.8, 4) is 0 Å². The Labute approximate surface area is 67.9 Å². The van der Waals surface area contributed by atoms with Gasteiger partial charge in [0.2, 0.25) is 5.91 Å². The highest BCUT2D eigenvalue weighted by Crippen LogP contribution is 2.34. The van der Waals surface area contributed by atoms with Crippen molar-refractivity contribution >= 4 is 5.91 Å². The number of hydrogen-bond acceptors (Lipinski definition) is 1. The minimum atomic E-state index is 0.112. The lowest BCUT2D eigenvalue weighted by atomic mass is 9.81. The molecule has 2 nitrogen and oxygen atoms in total. The molecular formula is C9H15NO. The third kappa shape index (κ3) is 1.62. The molecule has 2 heteroatoms. The molecule has 0 radical (unpaired) electrons. The molecule has 0 aromatic carbocycles. The predicted octanol–water partition coefficient (Wildman–Crippen LogP) is 1.78. The summed E-state index contributed by atoms with van der Waals surface area (Å²) in [6.07, 6.45) is 1.57. The summed E-state index contributed by atoms with van der Waals surface area (Å²) in [6, 6.07) is 0. The van der Waals surface area contributed by atoms with Gasteiger partial charge < -0.3 is 4.90 Å². The van der Waals surface area contributed by atoms with E-state index in [1.807, 2.05) is 0 Å². The van der Waals surface area contributed by atoms with Gasteiger partial charge >= 0.3 is 0 Å². The fourth-order valence-corrected chi connectivity index (χ4v) is 1.44. The van der Waals surface area contributed by atoms with Gasteiger partial charge in [0.25, 0.3) is 0 Å². The number of piperidine rings is 1. The Morgan fingerprint density at radius 3 is 2.45 bits per heavy atom. The van der Waals surface area contributed by atoms with Crippen molar-refractivity contribution in [1.82, 2.24) is 4.90 Å². The van der Waals surface area contributed by atoms with Gasteiger partial charge in [-0.2, -0.15) is 0 Å². The Bertz CT molecular complexity index is 186. The van der Waals surface area contributed by atoms with E-state index in [1.165, 1.54) is 0 Å². The van der Waals surface area contributed by atoms with E-state index in [1.54, 1.807) is 11.9 Å². The van der Waals surface area contributed by atoms with Crippen LogP contribution >= 0.6 is 0 Å². The zero-order chi connectivity index (χ0) is 8.65. The van der Waals surface area contributed by atoms with Gasteiger partial charge in [-0.25, -0.2) is 0 Å². The Balaban J connectivity index is 2.78. The largest absolute Gasteiger partial charge is 0.320 e. The van der Waals surface area contributed by atoms with Crippen molar-refractivity contribution in [3.63, 3.8) is 0 Å². The van der Waals surface area contributed by atoms with Gasteiger partial charge in [-0.3, -0.25) is 4.79 Å². The molecule has 0 aliphatic carbocycles. The first-order valence-electron chi connectivity index (χ1n) is 3.87. The van der Waals surface area contributed by atoms with E-state index in [2.05, 4.69) is 20.4 Å². The van der Waals surface area contributed by atoms with Crippen molar-refractivity contribution in [2.45, 2.75) is 26.7 Å². The number of allylic oxidation sites excluding steroid dienone is 1. The first-order valence-corrected chi connectivity index (χ1v) is 3.87. The maximum atomic E-state index is 11.3. The van der Waals surface area contributed by atoms with E-state index >= 15 is 0 Å². The van der Waals surface area contributed by atoms with Gasteiger partial charge in [0.1, 0.15) is 0 Å². The van der Waals surface area contributed by atoms with Crippen LogP contribution in [-0.4, -0.2) is 17.9 Å². The molecule has 0 atom stereocenters. The number of likely N-dealkylation sites (tertiary alicyclic amines) is 1. The number of rotatable bonds is 0. The molecule has 11 heavy (non-hydrogen) atoms. The second-order valence-electron chi connectivity index (χ2n) is 4.04. The minimum Gasteiger partial charge on any atom is -0.320 e. The molecule has 0 saturated carbocycles. The lowest BCUT2D eigenvalue weighted by Gasteiger charge is -2.35. The lowest BCUT2D eigenvalue weighted by molar-refractivity contribution is -0.132. The lowest BCUT2D eigenvalue weighted by Crippen LogP contribution is -2.37. The molecule has 0 spiro atoms. The predicted molar refractivity (Wildman–Crippen MR) is 44.9 cm³/mol. The van der Waals surface area contributed by atoms with Crippen molar-refractivity contribution in [2.24, 2.45) is 5.41 Å². The zero-order valence-corrected chi connectivity index (χ0v) is 7.48. The van der Waals surface area contributed by atoms with Crippen LogP contribution in [0.25, 0.3) is 0 Å². The number of amides is 1. The normalized spacial score (nSPS) is 24.1. The van der Waals surface area contributed by atoms with Gasteiger partial charge in [0.05, 0.1) is 0 Å². The van der Waals surface area contributed by atoms with Crippen molar-refractivity contribution in [2.75, 3.05) is 7.05 Å². The van der Waals surface area contributed by atoms with Crippen LogP contribution in [-0.2, 0) is 4.79 Å². The summed E-state index contributed by atoms with van der Waals surface area (Å²) < 4.78 is 0. The third-order valence-electron chi connectivity index (χ3n) is 2.16. The van der Waals surface area contributed by atoms with Crippen LogP contribution in [0.2, 0.25) is 0 Å². The Hall–Kier alpha value is -0.790. The first-order chi connectivity index (χ1) is 4.92. The highest BCUT2D eigenvalue weighted by molar-refractivity contribution is 5.79. The molecule has 1 saturated heterocycles. The monoisotopic (exact) mass is 153 g/mol. The third-order valence-corrected chi connectivity index (χ3v) is 2.16. The summed E-state index contributed by atoms with van der Waals surface area (Å²) in [6.45, 7) is 8.05. The van der Waals surface area contributed by atoms with Crippen LogP contribution in [0.3, 0.4) is 0 Å². The minimum absolute atomic E-state index is 0.112. The second-order valence-corrected chi connectivity index (χ2v) is 4.04. The summed E-state index contributed by atoms with van der Waals surface area (Å²) in [5, 5.41) is 0. The van der Waals surface area contributed by atoms with Gasteiger partial charge in [0, 0.05) is 19.2 Å². The molecule has 62 valence electrons. The molecule has 0 aromatic heterocycles.